The van der Waals surface area contributed by atoms with Gasteiger partial charge >= 0.3 is 55.3 Å². The summed E-state index contributed by atoms with van der Waals surface area (Å²) in [6.45, 7) is 0. The Hall–Kier alpha value is 1.06. The van der Waals surface area contributed by atoms with Crippen LogP contribution in [0.5, 0.6) is 0 Å². The molecule has 44 valence electrons. The van der Waals surface area contributed by atoms with Gasteiger partial charge in [0.25, 0.3) is 0 Å². The summed E-state index contributed by atoms with van der Waals surface area (Å²) in [4.78, 5) is 0. The molecule has 0 bridgehead atoms. The molecule has 0 atom stereocenters. The van der Waals surface area contributed by atoms with Crippen LogP contribution in [0.15, 0.2) is 0 Å². The molecular formula is H4MgO5SZn. The van der Waals surface area contributed by atoms with Gasteiger partial charge in [0.15, 0.2) is 0 Å². The average molecular weight is 206 g/mol. The van der Waals surface area contributed by atoms with E-state index in [1.807, 2.05) is 0 Å². The predicted octanol–water partition coefficient (Wildman–Crippen LogP) is -1.69. The summed E-state index contributed by atoms with van der Waals surface area (Å²) in [6.07, 6.45) is 0. The van der Waals surface area contributed by atoms with Crippen molar-refractivity contribution >= 4 is 33.5 Å². The minimum absolute atomic E-state index is 0. The van der Waals surface area contributed by atoms with Crippen molar-refractivity contribution in [3.8, 4) is 0 Å². The molecule has 0 fully saturated rings. The minimum atomic E-state index is -4.67. The molecule has 0 saturated heterocycles. The van der Waals surface area contributed by atoms with Crippen LogP contribution < -0.4 is 0 Å². The fourth-order valence-corrected chi connectivity index (χ4v) is 0. The summed E-state index contributed by atoms with van der Waals surface area (Å²) in [5, 5.41) is 0. The van der Waals surface area contributed by atoms with Gasteiger partial charge in [-0.15, -0.1) is 0 Å². The van der Waals surface area contributed by atoms with E-state index in [9.17, 15) is 0 Å². The molecule has 2 N–H and O–H groups in total. The van der Waals surface area contributed by atoms with E-state index in [0.717, 1.165) is 0 Å². The van der Waals surface area contributed by atoms with E-state index in [1.54, 1.807) is 0 Å². The Balaban J connectivity index is -0.0000000750. The van der Waals surface area contributed by atoms with Gasteiger partial charge in [0.1, 0.15) is 0 Å². The third kappa shape index (κ3) is 231. The van der Waals surface area contributed by atoms with E-state index in [0.29, 0.717) is 0 Å². The second-order valence-corrected chi connectivity index (χ2v) is 1.34. The zero-order valence-corrected chi connectivity index (χ0v) is 7.02. The molecule has 0 aliphatic heterocycles. The van der Waals surface area contributed by atoms with E-state index in [-0.39, 0.29) is 41.3 Å². The summed E-state index contributed by atoms with van der Waals surface area (Å²) in [6, 6.07) is 0. The molecule has 8 heteroatoms. The third-order valence-electron chi connectivity index (χ3n) is 0. The maximum absolute atomic E-state index is 8.74. The Morgan fingerprint density at radius 3 is 1.12 bits per heavy atom. The summed E-state index contributed by atoms with van der Waals surface area (Å²) in [5.74, 6) is 0. The average Bonchev–Trinajstić information content (AvgIpc) is 1.36. The van der Waals surface area contributed by atoms with Crippen molar-refractivity contribution < 1.29 is 39.3 Å². The van der Waals surface area contributed by atoms with Gasteiger partial charge in [-0.1, -0.05) is 0 Å². The molecule has 0 unspecified atom stereocenters. The van der Waals surface area contributed by atoms with Crippen LogP contribution in [0.2, 0.25) is 0 Å². The molecule has 0 aliphatic rings. The molecule has 0 heterocycles. The number of rotatable bonds is 0. The van der Waals surface area contributed by atoms with Gasteiger partial charge in [-0.2, -0.15) is 8.42 Å². The second-order valence-electron chi connectivity index (χ2n) is 0.448. The third-order valence-corrected chi connectivity index (χ3v) is 0. The SMILES string of the molecule is O=S(=O)(O)O.[MgH2].[O]=[Zn]. The fraction of sp³-hybridized carbons (Fsp3) is 0. The van der Waals surface area contributed by atoms with Crippen LogP contribution in [-0.2, 0) is 32.2 Å². The first-order valence-electron chi connectivity index (χ1n) is 0.987. The molecule has 0 aromatic carbocycles. The van der Waals surface area contributed by atoms with Crippen molar-refractivity contribution in [2.45, 2.75) is 0 Å². The molecule has 5 nitrogen and oxygen atoms in total. The number of hydrogen-bond acceptors (Lipinski definition) is 3. The van der Waals surface area contributed by atoms with Crippen LogP contribution in [-0.4, -0.2) is 40.6 Å². The van der Waals surface area contributed by atoms with Crippen LogP contribution in [0.4, 0.5) is 0 Å². The second kappa shape index (κ2) is 8.06. The molecule has 0 aromatic heterocycles. The van der Waals surface area contributed by atoms with Crippen LogP contribution in [0.1, 0.15) is 0 Å². The molecule has 0 saturated carbocycles. The summed E-state index contributed by atoms with van der Waals surface area (Å²) >= 11 is 0.125. The van der Waals surface area contributed by atoms with Crippen LogP contribution >= 0.6 is 0 Å². The van der Waals surface area contributed by atoms with Gasteiger partial charge in [-0.3, -0.25) is 9.11 Å². The van der Waals surface area contributed by atoms with Gasteiger partial charge < -0.3 is 0 Å². The van der Waals surface area contributed by atoms with Crippen LogP contribution in [0.25, 0.3) is 0 Å². The standard InChI is InChI=1S/Mg.H2O4S.O.Zn.2H/c;1-5(2,3)4;;;;/h;(H2,1,2,3,4);;;;. The van der Waals surface area contributed by atoms with Crippen molar-refractivity contribution in [3.05, 3.63) is 0 Å². The molecular weight excluding hydrogens is 202 g/mol. The molecule has 0 rings (SSSR count). The van der Waals surface area contributed by atoms with E-state index in [1.165, 1.54) is 0 Å². The summed E-state index contributed by atoms with van der Waals surface area (Å²) in [5.41, 5.74) is 0. The Bertz CT molecular complexity index is 106. The van der Waals surface area contributed by atoms with E-state index in [2.05, 4.69) is 0 Å². The molecule has 0 aromatic rings. The van der Waals surface area contributed by atoms with Crippen molar-refractivity contribution in [2.75, 3.05) is 0 Å². The van der Waals surface area contributed by atoms with Gasteiger partial charge in [0.05, 0.1) is 0 Å². The van der Waals surface area contributed by atoms with Crippen molar-refractivity contribution in [3.63, 3.8) is 0 Å². The van der Waals surface area contributed by atoms with Gasteiger partial charge in [0, 0.05) is 0 Å². The first kappa shape index (κ1) is 16.0. The molecule has 0 aliphatic carbocycles. The van der Waals surface area contributed by atoms with Crippen LogP contribution in [0.3, 0.4) is 0 Å². The van der Waals surface area contributed by atoms with Crippen LogP contribution in [0, 0.1) is 0 Å². The number of hydrogen-bond donors (Lipinski definition) is 2. The van der Waals surface area contributed by atoms with E-state index in [4.69, 9.17) is 21.1 Å². The van der Waals surface area contributed by atoms with Crippen molar-refractivity contribution in [1.29, 1.82) is 0 Å². The van der Waals surface area contributed by atoms with Crippen molar-refractivity contribution in [2.24, 2.45) is 0 Å². The Morgan fingerprint density at radius 1 is 1.12 bits per heavy atom. The summed E-state index contributed by atoms with van der Waals surface area (Å²) < 4.78 is 40.0. The molecule has 8 heavy (non-hydrogen) atoms. The maximum atomic E-state index is 8.74. The normalized spacial score (nSPS) is 8.00. The molecule has 0 radical (unpaired) electrons. The van der Waals surface area contributed by atoms with E-state index < -0.39 is 10.4 Å². The van der Waals surface area contributed by atoms with Gasteiger partial charge in [-0.25, -0.2) is 0 Å². The quantitative estimate of drug-likeness (QED) is 0.364. The van der Waals surface area contributed by atoms with E-state index >= 15 is 0 Å². The van der Waals surface area contributed by atoms with Gasteiger partial charge in [0.2, 0.25) is 0 Å². The Labute approximate surface area is 72.5 Å². The topological polar surface area (TPSA) is 91.7 Å². The Morgan fingerprint density at radius 2 is 1.12 bits per heavy atom. The first-order chi connectivity index (χ1) is 3.00. The Kier molecular flexibility index (Phi) is 16.1. The molecule has 0 amide bonds. The zero-order valence-electron chi connectivity index (χ0n) is 3.23. The summed E-state index contributed by atoms with van der Waals surface area (Å²) in [7, 11) is -4.67. The predicted molar refractivity (Wildman–Crippen MR) is 23.4 cm³/mol. The van der Waals surface area contributed by atoms with Gasteiger partial charge in [-0.05, 0) is 0 Å². The monoisotopic (exact) mass is 204 g/mol. The first-order valence-corrected chi connectivity index (χ1v) is 3.60. The van der Waals surface area contributed by atoms with Crippen molar-refractivity contribution in [1.82, 2.24) is 0 Å². The molecule has 0 spiro atoms. The fourth-order valence-electron chi connectivity index (χ4n) is 0. The zero-order chi connectivity index (χ0) is 6.50.